The van der Waals surface area contributed by atoms with Crippen molar-refractivity contribution in [2.45, 2.75) is 44.3 Å². The third kappa shape index (κ3) is 2.72. The van der Waals surface area contributed by atoms with Crippen LogP contribution in [0.4, 0.5) is 5.69 Å². The number of ketones is 1. The summed E-state index contributed by atoms with van der Waals surface area (Å²) in [5.74, 6) is -1.25. The molecule has 0 aliphatic carbocycles. The lowest BCUT2D eigenvalue weighted by atomic mass is 9.72. The van der Waals surface area contributed by atoms with Crippen LogP contribution in [0.5, 0.6) is 5.75 Å². The van der Waals surface area contributed by atoms with Crippen molar-refractivity contribution in [3.05, 3.63) is 36.4 Å². The highest BCUT2D eigenvalue weighted by Gasteiger charge is 2.67. The summed E-state index contributed by atoms with van der Waals surface area (Å²) in [7, 11) is 1.55. The minimum absolute atomic E-state index is 0.148. The van der Waals surface area contributed by atoms with E-state index < -0.39 is 35.2 Å². The Bertz CT molecular complexity index is 756. The molecule has 7 nitrogen and oxygen atoms in total. The number of β-lactam (4-membered cyclic amide) rings is 1. The molecule has 1 aromatic carbocycles. The van der Waals surface area contributed by atoms with Crippen LogP contribution in [-0.4, -0.2) is 54.0 Å². The minimum atomic E-state index is -2.01. The van der Waals surface area contributed by atoms with Crippen LogP contribution in [0.2, 0.25) is 0 Å². The molecule has 7 heteroatoms. The van der Waals surface area contributed by atoms with Gasteiger partial charge in [0.15, 0.2) is 17.2 Å². The molecule has 2 saturated heterocycles. The van der Waals surface area contributed by atoms with Gasteiger partial charge in [0.25, 0.3) is 5.91 Å². The fraction of sp³-hybridized carbons (Fsp3) is 0.474. The Hall–Kier alpha value is -2.22. The molecule has 2 fully saturated rings. The molecular weight excluding hydrogens is 338 g/mol. The molecule has 1 amide bonds. The third-order valence-corrected chi connectivity index (χ3v) is 4.87. The summed E-state index contributed by atoms with van der Waals surface area (Å²) < 4.78 is 16.6. The van der Waals surface area contributed by atoms with Gasteiger partial charge in [0, 0.05) is 11.3 Å². The lowest BCUT2D eigenvalue weighted by Gasteiger charge is -2.54. The van der Waals surface area contributed by atoms with Gasteiger partial charge in [0.1, 0.15) is 17.9 Å². The second-order valence-electron chi connectivity index (χ2n) is 6.99. The van der Waals surface area contributed by atoms with Gasteiger partial charge in [0.05, 0.1) is 13.7 Å². The molecule has 2 heterocycles. The van der Waals surface area contributed by atoms with E-state index in [9.17, 15) is 14.7 Å². The van der Waals surface area contributed by atoms with E-state index in [2.05, 4.69) is 6.58 Å². The first-order chi connectivity index (χ1) is 12.1. The van der Waals surface area contributed by atoms with Crippen LogP contribution in [0.15, 0.2) is 36.4 Å². The molecule has 3 rings (SSSR count). The number of amides is 1. The normalized spacial score (nSPS) is 30.0. The quantitative estimate of drug-likeness (QED) is 0.631. The molecule has 0 bridgehead atoms. The summed E-state index contributed by atoms with van der Waals surface area (Å²) in [5, 5.41) is 11.1. The monoisotopic (exact) mass is 361 g/mol. The van der Waals surface area contributed by atoms with Crippen molar-refractivity contribution in [2.24, 2.45) is 0 Å². The Morgan fingerprint density at radius 3 is 2.42 bits per heavy atom. The van der Waals surface area contributed by atoms with E-state index >= 15 is 0 Å². The number of hydrogen-bond donors (Lipinski definition) is 1. The van der Waals surface area contributed by atoms with Gasteiger partial charge in [-0.2, -0.15) is 0 Å². The summed E-state index contributed by atoms with van der Waals surface area (Å²) >= 11 is 0. The minimum Gasteiger partial charge on any atom is -0.497 e. The average Bonchev–Trinajstić information content (AvgIpc) is 2.96. The first-order valence-electron chi connectivity index (χ1n) is 8.34. The Morgan fingerprint density at radius 2 is 1.96 bits per heavy atom. The third-order valence-electron chi connectivity index (χ3n) is 4.87. The zero-order chi connectivity index (χ0) is 19.3. The van der Waals surface area contributed by atoms with Crippen LogP contribution in [0, 0.1) is 0 Å². The highest BCUT2D eigenvalue weighted by Crippen LogP contribution is 2.45. The van der Waals surface area contributed by atoms with Crippen molar-refractivity contribution in [1.82, 2.24) is 0 Å². The van der Waals surface area contributed by atoms with Crippen LogP contribution in [0.3, 0.4) is 0 Å². The molecule has 1 N–H and O–H groups in total. The molecule has 0 unspecified atom stereocenters. The van der Waals surface area contributed by atoms with Gasteiger partial charge in [-0.1, -0.05) is 6.58 Å². The zero-order valence-corrected chi connectivity index (χ0v) is 15.3. The van der Waals surface area contributed by atoms with E-state index in [1.54, 1.807) is 45.2 Å². The summed E-state index contributed by atoms with van der Waals surface area (Å²) in [6.07, 6.45) is -0.606. The molecule has 2 aliphatic heterocycles. The predicted molar refractivity (Wildman–Crippen MR) is 93.9 cm³/mol. The van der Waals surface area contributed by atoms with Crippen LogP contribution < -0.4 is 9.64 Å². The Morgan fingerprint density at radius 1 is 1.35 bits per heavy atom. The maximum Gasteiger partial charge on any atom is 0.266 e. The van der Waals surface area contributed by atoms with E-state index in [1.807, 2.05) is 0 Å². The first kappa shape index (κ1) is 18.6. The number of aliphatic hydroxyl groups is 1. The van der Waals surface area contributed by atoms with Crippen molar-refractivity contribution in [3.63, 3.8) is 0 Å². The van der Waals surface area contributed by atoms with Gasteiger partial charge in [-0.05, 0) is 45.0 Å². The molecule has 2 aliphatic rings. The second kappa shape index (κ2) is 6.19. The van der Waals surface area contributed by atoms with Crippen molar-refractivity contribution in [1.29, 1.82) is 0 Å². The Kier molecular flexibility index (Phi) is 4.42. The van der Waals surface area contributed by atoms with E-state index in [0.717, 1.165) is 0 Å². The largest absolute Gasteiger partial charge is 0.497 e. The number of anilines is 1. The Balaban J connectivity index is 1.99. The smallest absolute Gasteiger partial charge is 0.266 e. The molecule has 0 spiro atoms. The summed E-state index contributed by atoms with van der Waals surface area (Å²) in [6, 6.07) is 6.03. The summed E-state index contributed by atoms with van der Waals surface area (Å²) in [4.78, 5) is 26.1. The average molecular weight is 361 g/mol. The van der Waals surface area contributed by atoms with Crippen LogP contribution in [-0.2, 0) is 19.1 Å². The maximum absolute atomic E-state index is 12.8. The number of ether oxygens (including phenoxy) is 3. The second-order valence-corrected chi connectivity index (χ2v) is 6.99. The fourth-order valence-corrected chi connectivity index (χ4v) is 3.46. The van der Waals surface area contributed by atoms with E-state index in [1.165, 1.54) is 11.8 Å². The highest BCUT2D eigenvalue weighted by molar-refractivity contribution is 6.16. The fourth-order valence-electron chi connectivity index (χ4n) is 3.46. The molecule has 26 heavy (non-hydrogen) atoms. The molecule has 0 aromatic heterocycles. The topological polar surface area (TPSA) is 85.3 Å². The lowest BCUT2D eigenvalue weighted by molar-refractivity contribution is -0.169. The molecule has 3 atom stereocenters. The zero-order valence-electron chi connectivity index (χ0n) is 15.3. The Labute approximate surface area is 152 Å². The molecule has 0 saturated carbocycles. The van der Waals surface area contributed by atoms with Crippen molar-refractivity contribution in [3.8, 4) is 5.75 Å². The summed E-state index contributed by atoms with van der Waals surface area (Å²) in [6.45, 7) is 8.62. The summed E-state index contributed by atoms with van der Waals surface area (Å²) in [5.41, 5.74) is -1.60. The highest BCUT2D eigenvalue weighted by atomic mass is 16.7. The molecule has 1 aromatic rings. The van der Waals surface area contributed by atoms with Crippen LogP contribution in [0.1, 0.15) is 20.8 Å². The van der Waals surface area contributed by atoms with Crippen molar-refractivity contribution in [2.75, 3.05) is 18.6 Å². The van der Waals surface area contributed by atoms with E-state index in [-0.39, 0.29) is 12.2 Å². The first-order valence-corrected chi connectivity index (χ1v) is 8.34. The number of nitrogens with zero attached hydrogens (tertiary/aromatic N) is 1. The van der Waals surface area contributed by atoms with Gasteiger partial charge in [-0.3, -0.25) is 14.5 Å². The number of carbonyl (C=O) groups is 2. The van der Waals surface area contributed by atoms with Crippen LogP contribution in [0.25, 0.3) is 0 Å². The molecule has 140 valence electrons. The SMILES string of the molecule is C=C(C(C)=O)[C@]1(O)C(=O)N(c2ccc(OC)cc2)[C@H]1[C@H]1COC(C)(C)O1. The number of rotatable bonds is 5. The molecular formula is C19H23NO6. The molecule has 0 radical (unpaired) electrons. The lowest BCUT2D eigenvalue weighted by Crippen LogP contribution is -2.79. The van der Waals surface area contributed by atoms with Gasteiger partial charge >= 0.3 is 0 Å². The number of benzene rings is 1. The van der Waals surface area contributed by atoms with Crippen molar-refractivity contribution >= 4 is 17.4 Å². The number of methoxy groups -OCH3 is 1. The van der Waals surface area contributed by atoms with E-state index in [0.29, 0.717) is 11.4 Å². The van der Waals surface area contributed by atoms with Gasteiger partial charge in [-0.25, -0.2) is 0 Å². The van der Waals surface area contributed by atoms with Gasteiger partial charge < -0.3 is 19.3 Å². The number of carbonyl (C=O) groups excluding carboxylic acids is 2. The standard InChI is InChI=1S/C19H23NO6/c1-11(12(2)21)19(23)16(15-10-25-18(3,4)26-15)20(17(19)22)13-6-8-14(24-5)9-7-13/h6-9,15-16,23H,1,10H2,2-5H3/t15-,16+,19-/m1/s1. The van der Waals surface area contributed by atoms with Crippen LogP contribution >= 0.6 is 0 Å². The predicted octanol–water partition coefficient (Wildman–Crippen LogP) is 1.44. The van der Waals surface area contributed by atoms with Gasteiger partial charge in [-0.15, -0.1) is 0 Å². The van der Waals surface area contributed by atoms with Gasteiger partial charge in [0.2, 0.25) is 0 Å². The number of Topliss-reactive ketones (excluding diaryl/α,β-unsaturated/α-hetero) is 1. The van der Waals surface area contributed by atoms with Crippen molar-refractivity contribution < 1.29 is 28.9 Å². The maximum atomic E-state index is 12.8. The number of hydrogen-bond acceptors (Lipinski definition) is 6. The van der Waals surface area contributed by atoms with E-state index in [4.69, 9.17) is 14.2 Å².